The molecule has 19 heavy (non-hydrogen) atoms. The first-order chi connectivity index (χ1) is 9.11. The van der Waals surface area contributed by atoms with Gasteiger partial charge in [0.1, 0.15) is 0 Å². The van der Waals surface area contributed by atoms with E-state index in [9.17, 15) is 4.57 Å². The van der Waals surface area contributed by atoms with E-state index in [1.807, 2.05) is 25.1 Å². The fraction of sp³-hybridized carbons (Fsp3) is 0.538. The van der Waals surface area contributed by atoms with E-state index in [2.05, 4.69) is 19.1 Å². The van der Waals surface area contributed by atoms with E-state index in [1.54, 1.807) is 0 Å². The molecular weight excluding hydrogens is 319 g/mol. The lowest BCUT2D eigenvalue weighted by Crippen LogP contribution is -1.97. The number of halogens is 1. The van der Waals surface area contributed by atoms with Gasteiger partial charge in [0.15, 0.2) is 0 Å². The van der Waals surface area contributed by atoms with Crippen LogP contribution < -0.4 is 0 Å². The van der Waals surface area contributed by atoms with Gasteiger partial charge in [-0.15, -0.1) is 11.6 Å². The molecule has 0 heterocycles. The molecule has 0 saturated heterocycles. The molecule has 2 atom stereocenters. The monoisotopic (exact) mass is 338 g/mol. The minimum absolute atomic E-state index is 0.358. The summed E-state index contributed by atoms with van der Waals surface area (Å²) >= 11 is 8.44. The van der Waals surface area contributed by atoms with Gasteiger partial charge in [0.2, 0.25) is 0 Å². The number of alkyl halides is 1. The number of rotatable bonds is 9. The Labute approximate surface area is 129 Å². The minimum atomic E-state index is -2.66. The molecule has 0 aliphatic carbocycles. The maximum atomic E-state index is 12.6. The van der Waals surface area contributed by atoms with Gasteiger partial charge < -0.3 is 4.52 Å². The van der Waals surface area contributed by atoms with E-state index in [0.29, 0.717) is 24.2 Å². The second-order valence-corrected chi connectivity index (χ2v) is 11.9. The molecule has 2 nitrogen and oxygen atoms in total. The van der Waals surface area contributed by atoms with Gasteiger partial charge in [-0.1, -0.05) is 60.0 Å². The van der Waals surface area contributed by atoms with Gasteiger partial charge in [-0.05, 0) is 18.4 Å². The maximum absolute atomic E-state index is 12.6. The minimum Gasteiger partial charge on any atom is -0.314 e. The van der Waals surface area contributed by atoms with Gasteiger partial charge in [0, 0.05) is 17.4 Å². The number of hydrogen-bond acceptors (Lipinski definition) is 4. The molecule has 108 valence electrons. The lowest BCUT2D eigenvalue weighted by molar-refractivity contribution is 0.357. The molecule has 0 aliphatic rings. The van der Waals surface area contributed by atoms with E-state index in [-0.39, 0.29) is 0 Å². The zero-order valence-corrected chi connectivity index (χ0v) is 14.5. The number of hydrogen-bond donors (Lipinski definition) is 0. The lowest BCUT2D eigenvalue weighted by atomic mass is 10.0. The van der Waals surface area contributed by atoms with Gasteiger partial charge in [0.05, 0.1) is 6.61 Å². The molecule has 2 unspecified atom stereocenters. The molecule has 1 rings (SSSR count). The third-order valence-electron chi connectivity index (χ3n) is 2.47. The summed E-state index contributed by atoms with van der Waals surface area (Å²) in [6.45, 7) is 4.49. The molecule has 0 amide bonds. The Bertz CT molecular complexity index is 403. The molecule has 1 aromatic rings. The van der Waals surface area contributed by atoms with Crippen molar-refractivity contribution in [1.82, 2.24) is 0 Å². The Kier molecular flexibility index (Phi) is 8.59. The van der Waals surface area contributed by atoms with Crippen LogP contribution in [-0.2, 0) is 9.09 Å². The molecule has 1 aromatic carbocycles. The Morgan fingerprint density at radius 1 is 1.32 bits per heavy atom. The molecule has 0 spiro atoms. The van der Waals surface area contributed by atoms with E-state index in [1.165, 1.54) is 28.3 Å². The Morgan fingerprint density at radius 2 is 2.00 bits per heavy atom. The van der Waals surface area contributed by atoms with Crippen LogP contribution in [0.4, 0.5) is 0 Å². The Morgan fingerprint density at radius 3 is 2.58 bits per heavy atom. The van der Waals surface area contributed by atoms with Crippen LogP contribution in [0.2, 0.25) is 0 Å². The van der Waals surface area contributed by atoms with Gasteiger partial charge in [-0.3, -0.25) is 4.57 Å². The predicted molar refractivity (Wildman–Crippen MR) is 89.7 cm³/mol. The van der Waals surface area contributed by atoms with E-state index >= 15 is 0 Å². The van der Waals surface area contributed by atoms with Crippen molar-refractivity contribution in [3.05, 3.63) is 35.9 Å². The quantitative estimate of drug-likeness (QED) is 0.430. The van der Waals surface area contributed by atoms with Crippen molar-refractivity contribution >= 4 is 40.1 Å². The van der Waals surface area contributed by atoms with E-state index in [4.69, 9.17) is 16.1 Å². The van der Waals surface area contributed by atoms with Crippen LogP contribution in [0.1, 0.15) is 25.3 Å². The van der Waals surface area contributed by atoms with Crippen molar-refractivity contribution in [3.8, 4) is 0 Å². The molecule has 0 radical (unpaired) electrons. The van der Waals surface area contributed by atoms with Crippen LogP contribution >= 0.6 is 40.1 Å². The summed E-state index contributed by atoms with van der Waals surface area (Å²) in [5, 5.41) is 0. The van der Waals surface area contributed by atoms with E-state index < -0.39 is 5.77 Å². The average Bonchev–Trinajstić information content (AvgIpc) is 2.44. The normalized spacial score (nSPS) is 15.9. The van der Waals surface area contributed by atoms with Gasteiger partial charge in [0.25, 0.3) is 0 Å². The van der Waals surface area contributed by atoms with Crippen LogP contribution in [0.15, 0.2) is 30.3 Å². The molecule has 0 fully saturated rings. The maximum Gasteiger partial charge on any atom is 0.313 e. The summed E-state index contributed by atoms with van der Waals surface area (Å²) in [7, 11) is 0. The summed E-state index contributed by atoms with van der Waals surface area (Å²) < 4.78 is 18.0. The number of benzene rings is 1. The lowest BCUT2D eigenvalue weighted by Gasteiger charge is -2.18. The van der Waals surface area contributed by atoms with E-state index in [0.717, 1.165) is 5.75 Å². The SMILES string of the molecule is CCOP(=O)(SCCCl)SCC(C)c1ccccc1. The summed E-state index contributed by atoms with van der Waals surface area (Å²) in [6.07, 6.45) is 0. The largest absolute Gasteiger partial charge is 0.314 e. The standard InChI is InChI=1S/C13H20ClO2PS2/c1-3-16-17(15,18-10-9-14)19-11-12(2)13-7-5-4-6-8-13/h4-8,12H,3,9-11H2,1-2H3. The van der Waals surface area contributed by atoms with Gasteiger partial charge in [-0.2, -0.15) is 0 Å². The predicted octanol–water partition coefficient (Wildman–Crippen LogP) is 5.64. The summed E-state index contributed by atoms with van der Waals surface area (Å²) in [6, 6.07) is 10.3. The Balaban J connectivity index is 2.54. The first kappa shape index (κ1) is 17.5. The highest BCUT2D eigenvalue weighted by atomic mass is 35.5. The van der Waals surface area contributed by atoms with Crippen molar-refractivity contribution in [1.29, 1.82) is 0 Å². The van der Waals surface area contributed by atoms with Crippen molar-refractivity contribution in [3.63, 3.8) is 0 Å². The molecule has 0 N–H and O–H groups in total. The van der Waals surface area contributed by atoms with Crippen LogP contribution in [-0.4, -0.2) is 24.0 Å². The van der Waals surface area contributed by atoms with Gasteiger partial charge in [-0.25, -0.2) is 0 Å². The zero-order valence-electron chi connectivity index (χ0n) is 11.3. The third kappa shape index (κ3) is 6.59. The fourth-order valence-corrected chi connectivity index (χ4v) is 8.84. The first-order valence-corrected chi connectivity index (χ1v) is 11.6. The highest BCUT2D eigenvalue weighted by molar-refractivity contribution is 8.89. The molecule has 0 aromatic heterocycles. The highest BCUT2D eigenvalue weighted by Crippen LogP contribution is 2.70. The molecule has 0 bridgehead atoms. The van der Waals surface area contributed by atoms with Crippen molar-refractivity contribution in [2.24, 2.45) is 0 Å². The topological polar surface area (TPSA) is 26.3 Å². The average molecular weight is 339 g/mol. The Hall–Kier alpha value is 0.400. The van der Waals surface area contributed by atoms with Crippen LogP contribution in [0.5, 0.6) is 0 Å². The van der Waals surface area contributed by atoms with Crippen molar-refractivity contribution in [2.75, 3.05) is 24.0 Å². The fourth-order valence-electron chi connectivity index (χ4n) is 1.50. The third-order valence-corrected chi connectivity index (χ3v) is 10.5. The summed E-state index contributed by atoms with van der Waals surface area (Å²) in [4.78, 5) is 0. The molecule has 6 heteroatoms. The zero-order chi connectivity index (χ0) is 14.1. The van der Waals surface area contributed by atoms with Gasteiger partial charge >= 0.3 is 5.77 Å². The molecule has 0 saturated carbocycles. The molecular formula is C13H20ClO2PS2. The van der Waals surface area contributed by atoms with Crippen LogP contribution in [0.25, 0.3) is 0 Å². The summed E-state index contributed by atoms with van der Waals surface area (Å²) in [5.74, 6) is -0.360. The second kappa shape index (κ2) is 9.36. The van der Waals surface area contributed by atoms with Crippen molar-refractivity contribution in [2.45, 2.75) is 19.8 Å². The smallest absolute Gasteiger partial charge is 0.313 e. The second-order valence-electron chi connectivity index (χ2n) is 3.99. The highest BCUT2D eigenvalue weighted by Gasteiger charge is 2.25. The van der Waals surface area contributed by atoms with Crippen LogP contribution in [0, 0.1) is 0 Å². The summed E-state index contributed by atoms with van der Waals surface area (Å²) in [5.41, 5.74) is 1.26. The van der Waals surface area contributed by atoms with Crippen LogP contribution in [0.3, 0.4) is 0 Å². The molecule has 0 aliphatic heterocycles. The first-order valence-electron chi connectivity index (χ1n) is 6.26. The van der Waals surface area contributed by atoms with Crippen molar-refractivity contribution < 1.29 is 9.09 Å².